The fraction of sp³-hybridized carbons (Fsp3) is 0.391. The number of nitrogens with one attached hydrogen (secondary N) is 1. The Kier molecular flexibility index (Phi) is 5.46. The molecule has 1 aromatic heterocycles. The van der Waals surface area contributed by atoms with E-state index in [1.807, 2.05) is 22.9 Å². The molecule has 2 aliphatic rings. The molecule has 2 aromatic carbocycles. The second-order valence-corrected chi connectivity index (χ2v) is 7.85. The lowest BCUT2D eigenvalue weighted by Crippen LogP contribution is -2.26. The van der Waals surface area contributed by atoms with Crippen molar-refractivity contribution in [3.8, 4) is 17.0 Å². The zero-order valence-corrected chi connectivity index (χ0v) is 17.1. The fourth-order valence-electron chi connectivity index (χ4n) is 4.08. The highest BCUT2D eigenvalue weighted by molar-refractivity contribution is 5.94. The quantitative estimate of drug-likeness (QED) is 0.619. The van der Waals surface area contributed by atoms with Crippen molar-refractivity contribution in [2.45, 2.75) is 38.5 Å². The second-order valence-electron chi connectivity index (χ2n) is 7.85. The summed E-state index contributed by atoms with van der Waals surface area (Å²) >= 11 is 0. The second kappa shape index (κ2) is 8.55. The predicted molar refractivity (Wildman–Crippen MR) is 112 cm³/mol. The van der Waals surface area contributed by atoms with Crippen molar-refractivity contribution in [1.29, 1.82) is 0 Å². The first-order valence-corrected chi connectivity index (χ1v) is 10.6. The molecule has 7 nitrogen and oxygen atoms in total. The summed E-state index contributed by atoms with van der Waals surface area (Å²) in [5, 5.41) is 8.39. The fourth-order valence-corrected chi connectivity index (χ4v) is 4.08. The molecule has 0 aliphatic carbocycles. The van der Waals surface area contributed by atoms with Crippen LogP contribution in [-0.4, -0.2) is 35.6 Å². The van der Waals surface area contributed by atoms with Gasteiger partial charge in [0.25, 0.3) is 0 Å². The van der Waals surface area contributed by atoms with Crippen LogP contribution in [0.15, 0.2) is 36.4 Å². The van der Waals surface area contributed by atoms with Crippen LogP contribution < -0.4 is 10.1 Å². The average molecular weight is 425 g/mol. The van der Waals surface area contributed by atoms with Crippen molar-refractivity contribution >= 4 is 17.0 Å². The molecule has 1 unspecified atom stereocenters. The van der Waals surface area contributed by atoms with Crippen LogP contribution in [0.4, 0.5) is 9.18 Å². The average Bonchev–Trinajstić information content (AvgIpc) is 3.16. The smallest absolute Gasteiger partial charge is 0.407 e. The molecule has 1 fully saturated rings. The lowest BCUT2D eigenvalue weighted by molar-refractivity contribution is -0.0365. The Labute approximate surface area is 179 Å². The lowest BCUT2D eigenvalue weighted by Gasteiger charge is -2.23. The summed E-state index contributed by atoms with van der Waals surface area (Å²) in [5.41, 5.74) is 2.74. The van der Waals surface area contributed by atoms with Gasteiger partial charge >= 0.3 is 6.09 Å². The van der Waals surface area contributed by atoms with Crippen LogP contribution in [0.1, 0.15) is 37.5 Å². The minimum absolute atomic E-state index is 0.0251. The minimum atomic E-state index is -0.539. The van der Waals surface area contributed by atoms with Gasteiger partial charge in [-0.05, 0) is 67.6 Å². The first-order chi connectivity index (χ1) is 15.2. The van der Waals surface area contributed by atoms with E-state index in [0.717, 1.165) is 30.2 Å². The molecule has 2 aliphatic heterocycles. The molecule has 31 heavy (non-hydrogen) atoms. The van der Waals surface area contributed by atoms with Gasteiger partial charge in [0, 0.05) is 24.1 Å². The van der Waals surface area contributed by atoms with E-state index < -0.39 is 11.9 Å². The Hall–Kier alpha value is -3.13. The van der Waals surface area contributed by atoms with Crippen LogP contribution in [0.3, 0.4) is 0 Å². The number of carbonyl (C=O) groups is 1. The molecule has 1 saturated heterocycles. The van der Waals surface area contributed by atoms with Crippen LogP contribution in [0.25, 0.3) is 22.2 Å². The van der Waals surface area contributed by atoms with E-state index in [1.54, 1.807) is 6.07 Å². The van der Waals surface area contributed by atoms with E-state index in [2.05, 4.69) is 5.32 Å². The Bertz CT molecular complexity index is 1110. The monoisotopic (exact) mass is 425 g/mol. The number of alkyl carbamates (subject to hydrolysis) is 1. The Balaban J connectivity index is 1.64. The molecule has 8 heteroatoms. The number of halogens is 1. The molecular weight excluding hydrogens is 401 g/mol. The van der Waals surface area contributed by atoms with E-state index in [0.29, 0.717) is 48.7 Å². The maximum absolute atomic E-state index is 14.5. The number of ether oxygens (including phenoxy) is 3. The van der Waals surface area contributed by atoms with E-state index in [1.165, 1.54) is 12.1 Å². The van der Waals surface area contributed by atoms with Gasteiger partial charge in [-0.15, -0.1) is 0 Å². The van der Waals surface area contributed by atoms with Crippen LogP contribution in [0.5, 0.6) is 5.75 Å². The van der Waals surface area contributed by atoms with Crippen LogP contribution >= 0.6 is 0 Å². The van der Waals surface area contributed by atoms with Crippen LogP contribution in [0.2, 0.25) is 0 Å². The van der Waals surface area contributed by atoms with Gasteiger partial charge in [0.05, 0.1) is 12.1 Å². The largest absolute Gasteiger partial charge is 0.494 e. The maximum Gasteiger partial charge on any atom is 0.407 e. The molecule has 0 saturated carbocycles. The zero-order chi connectivity index (χ0) is 21.2. The predicted octanol–water partition coefficient (Wildman–Crippen LogP) is 4.55. The van der Waals surface area contributed by atoms with E-state index in [4.69, 9.17) is 19.3 Å². The van der Waals surface area contributed by atoms with Gasteiger partial charge in [-0.3, -0.25) is 0 Å². The van der Waals surface area contributed by atoms with Crippen molar-refractivity contribution in [1.82, 2.24) is 15.1 Å². The zero-order valence-electron chi connectivity index (χ0n) is 17.1. The van der Waals surface area contributed by atoms with Crippen LogP contribution in [-0.2, 0) is 16.1 Å². The summed E-state index contributed by atoms with van der Waals surface area (Å²) in [6.45, 7) is 1.55. The molecular formula is C23H24FN3O4. The summed E-state index contributed by atoms with van der Waals surface area (Å²) < 4.78 is 33.4. The molecule has 1 amide bonds. The third-order valence-electron chi connectivity index (χ3n) is 5.57. The number of cyclic esters (lactones) is 1. The molecule has 0 radical (unpaired) electrons. The Morgan fingerprint density at radius 1 is 1.06 bits per heavy atom. The number of aromatic nitrogens is 2. The molecule has 0 spiro atoms. The highest BCUT2D eigenvalue weighted by Gasteiger charge is 2.22. The first-order valence-electron chi connectivity index (χ1n) is 10.6. The molecule has 3 aromatic rings. The number of hydrogen-bond acceptors (Lipinski definition) is 5. The standard InChI is InChI=1S/C23H24FN3O4/c24-17-11-15-10-16(12-17)22-19-13-18(29-9-3-7-25-23(28)31-14-15)5-6-20(19)27(26-22)21-4-1-2-8-30-21/h5-6,10-13,21H,1-4,7-9,14H2,(H,25,28). The molecule has 4 bridgehead atoms. The maximum atomic E-state index is 14.5. The SMILES string of the molecule is O=C1NCCCOc2ccc3c(c2)c(nn3C2CCCCO2)-c2cc(F)cc(c2)CO1. The van der Waals surface area contributed by atoms with Crippen molar-refractivity contribution < 1.29 is 23.4 Å². The lowest BCUT2D eigenvalue weighted by atomic mass is 10.0. The molecule has 1 atom stereocenters. The molecule has 1 N–H and O–H groups in total. The summed E-state index contributed by atoms with van der Waals surface area (Å²) in [6.07, 6.45) is 2.95. The Morgan fingerprint density at radius 2 is 2.00 bits per heavy atom. The number of amides is 1. The highest BCUT2D eigenvalue weighted by atomic mass is 19.1. The van der Waals surface area contributed by atoms with Gasteiger partial charge in [-0.25, -0.2) is 13.9 Å². The van der Waals surface area contributed by atoms with Gasteiger partial charge in [0.2, 0.25) is 0 Å². The number of nitrogens with zero attached hydrogens (tertiary/aromatic N) is 2. The number of carbonyl (C=O) groups excluding carboxylic acids is 1. The van der Waals surface area contributed by atoms with Gasteiger partial charge < -0.3 is 19.5 Å². The number of hydrogen-bond donors (Lipinski definition) is 1. The van der Waals surface area contributed by atoms with Crippen molar-refractivity contribution in [3.63, 3.8) is 0 Å². The number of benzene rings is 2. The van der Waals surface area contributed by atoms with E-state index in [-0.39, 0.29) is 12.8 Å². The van der Waals surface area contributed by atoms with Crippen molar-refractivity contribution in [2.75, 3.05) is 19.8 Å². The van der Waals surface area contributed by atoms with Crippen molar-refractivity contribution in [2.24, 2.45) is 0 Å². The number of rotatable bonds is 1. The van der Waals surface area contributed by atoms with Gasteiger partial charge in [0.1, 0.15) is 23.9 Å². The van der Waals surface area contributed by atoms with E-state index >= 15 is 0 Å². The summed E-state index contributed by atoms with van der Waals surface area (Å²) in [6, 6.07) is 10.4. The third-order valence-corrected chi connectivity index (χ3v) is 5.57. The highest BCUT2D eigenvalue weighted by Crippen LogP contribution is 2.35. The molecule has 3 heterocycles. The number of fused-ring (bicyclic) bond motifs is 4. The van der Waals surface area contributed by atoms with Crippen LogP contribution in [0, 0.1) is 5.82 Å². The molecule has 5 rings (SSSR count). The molecule has 162 valence electrons. The topological polar surface area (TPSA) is 74.6 Å². The minimum Gasteiger partial charge on any atom is -0.494 e. The Morgan fingerprint density at radius 3 is 2.87 bits per heavy atom. The first kappa shape index (κ1) is 19.8. The van der Waals surface area contributed by atoms with Crippen molar-refractivity contribution in [3.05, 3.63) is 47.8 Å². The summed E-state index contributed by atoms with van der Waals surface area (Å²) in [7, 11) is 0. The summed E-state index contributed by atoms with van der Waals surface area (Å²) in [4.78, 5) is 11.9. The van der Waals surface area contributed by atoms with E-state index in [9.17, 15) is 9.18 Å². The van der Waals surface area contributed by atoms with Gasteiger partial charge in [-0.2, -0.15) is 5.10 Å². The summed E-state index contributed by atoms with van der Waals surface area (Å²) in [5.74, 6) is 0.289. The van der Waals surface area contributed by atoms with Gasteiger partial charge in [-0.1, -0.05) is 0 Å². The normalized spacial score (nSPS) is 19.8. The third kappa shape index (κ3) is 4.20. The van der Waals surface area contributed by atoms with Gasteiger partial charge in [0.15, 0.2) is 6.23 Å².